The minimum atomic E-state index is 0.685. The van der Waals surface area contributed by atoms with Crippen molar-refractivity contribution in [3.63, 3.8) is 0 Å². The molecular formula is C16H31N. The van der Waals surface area contributed by atoms with Crippen LogP contribution in [0.3, 0.4) is 0 Å². The SMILES string of the molecule is C=C(C)CC(NCCC)C1CCC(CC)CC1. The molecule has 0 heterocycles. The zero-order chi connectivity index (χ0) is 12.7. The lowest BCUT2D eigenvalue weighted by Gasteiger charge is -2.34. The normalized spacial score (nSPS) is 26.8. The number of nitrogens with one attached hydrogen (secondary N) is 1. The summed E-state index contributed by atoms with van der Waals surface area (Å²) in [4.78, 5) is 0. The third kappa shape index (κ3) is 5.25. The Morgan fingerprint density at radius 3 is 2.35 bits per heavy atom. The van der Waals surface area contributed by atoms with Crippen LogP contribution in [0, 0.1) is 11.8 Å². The van der Waals surface area contributed by atoms with Crippen molar-refractivity contribution >= 4 is 0 Å². The van der Waals surface area contributed by atoms with Crippen molar-refractivity contribution in [3.8, 4) is 0 Å². The molecule has 1 saturated carbocycles. The van der Waals surface area contributed by atoms with Crippen molar-refractivity contribution in [2.45, 2.75) is 71.8 Å². The van der Waals surface area contributed by atoms with E-state index in [1.807, 2.05) is 0 Å². The highest BCUT2D eigenvalue weighted by Crippen LogP contribution is 2.33. The van der Waals surface area contributed by atoms with Crippen LogP contribution in [-0.4, -0.2) is 12.6 Å². The van der Waals surface area contributed by atoms with Gasteiger partial charge in [0.2, 0.25) is 0 Å². The first-order valence-electron chi connectivity index (χ1n) is 7.55. The molecule has 1 heteroatoms. The van der Waals surface area contributed by atoms with Gasteiger partial charge in [-0.3, -0.25) is 0 Å². The molecule has 0 radical (unpaired) electrons. The van der Waals surface area contributed by atoms with Gasteiger partial charge in [0.05, 0.1) is 0 Å². The fraction of sp³-hybridized carbons (Fsp3) is 0.875. The Morgan fingerprint density at radius 1 is 1.24 bits per heavy atom. The summed E-state index contributed by atoms with van der Waals surface area (Å²) in [6, 6.07) is 0.685. The Balaban J connectivity index is 2.43. The summed E-state index contributed by atoms with van der Waals surface area (Å²) in [5.41, 5.74) is 1.33. The Kier molecular flexibility index (Phi) is 6.87. The van der Waals surface area contributed by atoms with E-state index in [-0.39, 0.29) is 0 Å². The summed E-state index contributed by atoms with van der Waals surface area (Å²) in [7, 11) is 0. The van der Waals surface area contributed by atoms with Gasteiger partial charge in [-0.25, -0.2) is 0 Å². The standard InChI is InChI=1S/C16H31N/c1-5-11-17-16(12-13(3)4)15-9-7-14(6-2)8-10-15/h14-17H,3,5-12H2,1-2,4H3. The average Bonchev–Trinajstić information content (AvgIpc) is 2.34. The van der Waals surface area contributed by atoms with Gasteiger partial charge in [0.25, 0.3) is 0 Å². The molecule has 100 valence electrons. The van der Waals surface area contributed by atoms with E-state index in [4.69, 9.17) is 0 Å². The Hall–Kier alpha value is -0.300. The fourth-order valence-corrected chi connectivity index (χ4v) is 3.11. The molecule has 0 saturated heterocycles. The summed E-state index contributed by atoms with van der Waals surface area (Å²) >= 11 is 0. The van der Waals surface area contributed by atoms with Gasteiger partial charge < -0.3 is 5.32 Å². The number of rotatable bonds is 7. The smallest absolute Gasteiger partial charge is 0.0132 e. The van der Waals surface area contributed by atoms with E-state index in [0.717, 1.165) is 18.4 Å². The highest BCUT2D eigenvalue weighted by atomic mass is 14.9. The van der Waals surface area contributed by atoms with Crippen molar-refractivity contribution in [1.29, 1.82) is 0 Å². The highest BCUT2D eigenvalue weighted by Gasteiger charge is 2.26. The molecule has 0 aromatic rings. The molecule has 17 heavy (non-hydrogen) atoms. The van der Waals surface area contributed by atoms with Crippen LogP contribution in [0.5, 0.6) is 0 Å². The monoisotopic (exact) mass is 237 g/mol. The second-order valence-corrected chi connectivity index (χ2v) is 5.91. The summed E-state index contributed by atoms with van der Waals surface area (Å²) < 4.78 is 0. The second-order valence-electron chi connectivity index (χ2n) is 5.91. The summed E-state index contributed by atoms with van der Waals surface area (Å²) in [5, 5.41) is 3.74. The first-order valence-corrected chi connectivity index (χ1v) is 7.55. The Labute approximate surface area is 108 Å². The van der Waals surface area contributed by atoms with Gasteiger partial charge in [0.1, 0.15) is 0 Å². The zero-order valence-electron chi connectivity index (χ0n) is 12.1. The topological polar surface area (TPSA) is 12.0 Å². The first-order chi connectivity index (χ1) is 8.17. The minimum Gasteiger partial charge on any atom is -0.313 e. The molecule has 0 aliphatic heterocycles. The van der Waals surface area contributed by atoms with Crippen LogP contribution in [0.25, 0.3) is 0 Å². The van der Waals surface area contributed by atoms with Gasteiger partial charge in [-0.2, -0.15) is 0 Å². The third-order valence-electron chi connectivity index (χ3n) is 4.26. The molecule has 1 aliphatic rings. The van der Waals surface area contributed by atoms with Gasteiger partial charge in [-0.05, 0) is 51.0 Å². The maximum atomic E-state index is 4.09. The van der Waals surface area contributed by atoms with Crippen LogP contribution in [0.2, 0.25) is 0 Å². The van der Waals surface area contributed by atoms with E-state index in [1.165, 1.54) is 50.5 Å². The highest BCUT2D eigenvalue weighted by molar-refractivity contribution is 4.96. The van der Waals surface area contributed by atoms with Crippen molar-refractivity contribution in [3.05, 3.63) is 12.2 Å². The molecular weight excluding hydrogens is 206 g/mol. The Bertz CT molecular complexity index is 214. The van der Waals surface area contributed by atoms with E-state index in [9.17, 15) is 0 Å². The molecule has 0 amide bonds. The maximum Gasteiger partial charge on any atom is 0.0132 e. The van der Waals surface area contributed by atoms with Crippen LogP contribution < -0.4 is 5.32 Å². The molecule has 1 aliphatic carbocycles. The van der Waals surface area contributed by atoms with E-state index < -0.39 is 0 Å². The van der Waals surface area contributed by atoms with Crippen molar-refractivity contribution in [1.82, 2.24) is 5.32 Å². The van der Waals surface area contributed by atoms with E-state index >= 15 is 0 Å². The minimum absolute atomic E-state index is 0.685. The van der Waals surface area contributed by atoms with Crippen LogP contribution in [0.15, 0.2) is 12.2 Å². The molecule has 1 nitrogen and oxygen atoms in total. The second kappa shape index (κ2) is 7.92. The van der Waals surface area contributed by atoms with E-state index in [2.05, 4.69) is 32.7 Å². The number of hydrogen-bond acceptors (Lipinski definition) is 1. The number of hydrogen-bond donors (Lipinski definition) is 1. The molecule has 1 rings (SSSR count). The molecule has 1 unspecified atom stereocenters. The zero-order valence-corrected chi connectivity index (χ0v) is 12.1. The van der Waals surface area contributed by atoms with E-state index in [0.29, 0.717) is 6.04 Å². The molecule has 1 atom stereocenters. The summed E-state index contributed by atoms with van der Waals surface area (Å²) in [6.45, 7) is 12.0. The van der Waals surface area contributed by atoms with Crippen LogP contribution in [-0.2, 0) is 0 Å². The van der Waals surface area contributed by atoms with Gasteiger partial charge in [-0.15, -0.1) is 6.58 Å². The largest absolute Gasteiger partial charge is 0.313 e. The van der Waals surface area contributed by atoms with Crippen LogP contribution >= 0.6 is 0 Å². The molecule has 0 aromatic heterocycles. The lowest BCUT2D eigenvalue weighted by molar-refractivity contribution is 0.216. The first kappa shape index (κ1) is 14.8. The van der Waals surface area contributed by atoms with Crippen LogP contribution in [0.1, 0.15) is 65.7 Å². The average molecular weight is 237 g/mol. The lowest BCUT2D eigenvalue weighted by Crippen LogP contribution is -2.38. The fourth-order valence-electron chi connectivity index (χ4n) is 3.11. The van der Waals surface area contributed by atoms with Gasteiger partial charge in [0, 0.05) is 6.04 Å². The summed E-state index contributed by atoms with van der Waals surface area (Å²) in [6.07, 6.45) is 9.52. The molecule has 0 aromatic carbocycles. The van der Waals surface area contributed by atoms with E-state index in [1.54, 1.807) is 0 Å². The predicted molar refractivity (Wildman–Crippen MR) is 77.3 cm³/mol. The van der Waals surface area contributed by atoms with Crippen molar-refractivity contribution < 1.29 is 0 Å². The molecule has 1 fully saturated rings. The van der Waals surface area contributed by atoms with Gasteiger partial charge in [-0.1, -0.05) is 38.7 Å². The lowest BCUT2D eigenvalue weighted by atomic mass is 9.76. The van der Waals surface area contributed by atoms with Crippen molar-refractivity contribution in [2.75, 3.05) is 6.54 Å². The quantitative estimate of drug-likeness (QED) is 0.641. The van der Waals surface area contributed by atoms with Gasteiger partial charge >= 0.3 is 0 Å². The van der Waals surface area contributed by atoms with Crippen molar-refractivity contribution in [2.24, 2.45) is 11.8 Å². The van der Waals surface area contributed by atoms with Gasteiger partial charge in [0.15, 0.2) is 0 Å². The van der Waals surface area contributed by atoms with Crippen LogP contribution in [0.4, 0.5) is 0 Å². The summed E-state index contributed by atoms with van der Waals surface area (Å²) in [5.74, 6) is 1.89. The molecule has 1 N–H and O–H groups in total. The molecule has 0 bridgehead atoms. The third-order valence-corrected chi connectivity index (χ3v) is 4.26. The Morgan fingerprint density at radius 2 is 1.88 bits per heavy atom. The predicted octanol–water partition coefficient (Wildman–Crippen LogP) is 4.54. The maximum absolute atomic E-state index is 4.09. The molecule has 0 spiro atoms.